The van der Waals surface area contributed by atoms with Gasteiger partial charge in [0.05, 0.1) is 0 Å². The van der Waals surface area contributed by atoms with Gasteiger partial charge in [-0.3, -0.25) is 0 Å². The number of nitrogens with two attached hydrogens (primary N) is 1. The highest BCUT2D eigenvalue weighted by Gasteiger charge is 2.07. The molecule has 0 amide bonds. The van der Waals surface area contributed by atoms with Crippen LogP contribution in [0.1, 0.15) is 5.56 Å². The molecule has 0 aliphatic rings. The van der Waals surface area contributed by atoms with Crippen LogP contribution in [0.25, 0.3) is 32.8 Å². The van der Waals surface area contributed by atoms with Gasteiger partial charge < -0.3 is 10.7 Å². The second-order valence-corrected chi connectivity index (χ2v) is 5.64. The Hall–Kier alpha value is -2.58. The zero-order valence-corrected chi connectivity index (χ0v) is 12.3. The number of benzene rings is 3. The van der Waals surface area contributed by atoms with Gasteiger partial charge in [-0.25, -0.2) is 0 Å². The van der Waals surface area contributed by atoms with Gasteiger partial charge in [0.15, 0.2) is 0 Å². The lowest BCUT2D eigenvalue weighted by Crippen LogP contribution is -2.01. The average molecular weight is 286 g/mol. The number of nitrogens with one attached hydrogen (secondary N) is 1. The maximum absolute atomic E-state index is 5.72. The van der Waals surface area contributed by atoms with E-state index in [1.165, 1.54) is 38.4 Å². The van der Waals surface area contributed by atoms with Crippen molar-refractivity contribution >= 4 is 21.7 Å². The fraction of sp³-hybridized carbons (Fsp3) is 0.100. The molecule has 0 unspecified atom stereocenters. The maximum Gasteiger partial charge on any atom is 0.0457 e. The first-order chi connectivity index (χ1) is 10.9. The summed E-state index contributed by atoms with van der Waals surface area (Å²) in [6, 6.07) is 21.6. The third-order valence-electron chi connectivity index (χ3n) is 4.28. The van der Waals surface area contributed by atoms with E-state index in [1.807, 2.05) is 0 Å². The van der Waals surface area contributed by atoms with Crippen LogP contribution in [0.3, 0.4) is 0 Å². The van der Waals surface area contributed by atoms with Gasteiger partial charge in [0, 0.05) is 17.1 Å². The topological polar surface area (TPSA) is 41.8 Å². The zero-order valence-electron chi connectivity index (χ0n) is 12.3. The number of aromatic amines is 1. The van der Waals surface area contributed by atoms with E-state index in [0.717, 1.165) is 6.42 Å². The Morgan fingerprint density at radius 2 is 1.73 bits per heavy atom. The minimum Gasteiger partial charge on any atom is -0.361 e. The molecular formula is C20H18N2. The molecule has 108 valence electrons. The van der Waals surface area contributed by atoms with Crippen molar-refractivity contribution in [2.24, 2.45) is 5.73 Å². The Kier molecular flexibility index (Phi) is 3.17. The molecule has 3 aromatic carbocycles. The van der Waals surface area contributed by atoms with E-state index < -0.39 is 0 Å². The van der Waals surface area contributed by atoms with E-state index in [0.29, 0.717) is 6.54 Å². The molecule has 0 fully saturated rings. The lowest BCUT2D eigenvalue weighted by Gasteiger charge is -2.08. The fourth-order valence-electron chi connectivity index (χ4n) is 3.19. The first-order valence-electron chi connectivity index (χ1n) is 7.65. The largest absolute Gasteiger partial charge is 0.361 e. The van der Waals surface area contributed by atoms with Crippen molar-refractivity contribution in [1.82, 2.24) is 4.98 Å². The summed E-state index contributed by atoms with van der Waals surface area (Å²) in [4.78, 5) is 3.33. The van der Waals surface area contributed by atoms with Crippen LogP contribution >= 0.6 is 0 Å². The number of rotatable bonds is 3. The van der Waals surface area contributed by atoms with Crippen LogP contribution in [0, 0.1) is 0 Å². The van der Waals surface area contributed by atoms with Crippen molar-refractivity contribution in [2.75, 3.05) is 6.54 Å². The second kappa shape index (κ2) is 5.32. The minimum absolute atomic E-state index is 0.672. The molecule has 0 radical (unpaired) electrons. The predicted molar refractivity (Wildman–Crippen MR) is 94.0 cm³/mol. The number of fused-ring (bicyclic) bond motifs is 2. The summed E-state index contributed by atoms with van der Waals surface area (Å²) in [5, 5.41) is 3.84. The minimum atomic E-state index is 0.672. The van der Waals surface area contributed by atoms with Crippen LogP contribution in [-0.4, -0.2) is 11.5 Å². The molecule has 0 saturated heterocycles. The van der Waals surface area contributed by atoms with Gasteiger partial charge in [-0.1, -0.05) is 48.5 Å². The fourth-order valence-corrected chi connectivity index (χ4v) is 3.19. The van der Waals surface area contributed by atoms with Crippen LogP contribution in [0.5, 0.6) is 0 Å². The van der Waals surface area contributed by atoms with Gasteiger partial charge in [-0.15, -0.1) is 0 Å². The van der Waals surface area contributed by atoms with Gasteiger partial charge in [0.25, 0.3) is 0 Å². The Labute approximate surface area is 129 Å². The highest BCUT2D eigenvalue weighted by atomic mass is 14.7. The molecule has 0 aliphatic carbocycles. The van der Waals surface area contributed by atoms with Gasteiger partial charge in [0.2, 0.25) is 0 Å². The molecule has 2 nitrogen and oxygen atoms in total. The Bertz CT molecular complexity index is 945. The summed E-state index contributed by atoms with van der Waals surface area (Å²) in [5.41, 5.74) is 10.7. The Balaban J connectivity index is 1.94. The number of hydrogen-bond donors (Lipinski definition) is 2. The van der Waals surface area contributed by atoms with Crippen molar-refractivity contribution in [2.45, 2.75) is 6.42 Å². The SMILES string of the molecule is NCCc1c[nH]c2ccc(-c3cccc4ccccc34)cc12. The van der Waals surface area contributed by atoms with Crippen molar-refractivity contribution in [3.8, 4) is 11.1 Å². The summed E-state index contributed by atoms with van der Waals surface area (Å²) >= 11 is 0. The van der Waals surface area contributed by atoms with E-state index in [4.69, 9.17) is 5.73 Å². The van der Waals surface area contributed by atoms with E-state index >= 15 is 0 Å². The number of H-pyrrole nitrogens is 1. The highest BCUT2D eigenvalue weighted by Crippen LogP contribution is 2.31. The molecule has 3 N–H and O–H groups in total. The Morgan fingerprint density at radius 3 is 2.64 bits per heavy atom. The van der Waals surface area contributed by atoms with Crippen molar-refractivity contribution in [1.29, 1.82) is 0 Å². The lowest BCUT2D eigenvalue weighted by molar-refractivity contribution is 0.976. The normalized spacial score (nSPS) is 11.3. The molecule has 0 aliphatic heterocycles. The van der Waals surface area contributed by atoms with Crippen molar-refractivity contribution < 1.29 is 0 Å². The smallest absolute Gasteiger partial charge is 0.0457 e. The highest BCUT2D eigenvalue weighted by molar-refractivity contribution is 5.99. The molecule has 0 saturated carbocycles. The van der Waals surface area contributed by atoms with Gasteiger partial charge in [0.1, 0.15) is 0 Å². The molecule has 0 atom stereocenters. The van der Waals surface area contributed by atoms with Crippen LogP contribution in [-0.2, 0) is 6.42 Å². The monoisotopic (exact) mass is 286 g/mol. The average Bonchev–Trinajstić information content (AvgIpc) is 2.97. The maximum atomic E-state index is 5.72. The molecule has 4 rings (SSSR count). The second-order valence-electron chi connectivity index (χ2n) is 5.64. The van der Waals surface area contributed by atoms with Gasteiger partial charge in [-0.2, -0.15) is 0 Å². The Morgan fingerprint density at radius 1 is 0.864 bits per heavy atom. The summed E-state index contributed by atoms with van der Waals surface area (Å²) in [7, 11) is 0. The predicted octanol–water partition coefficient (Wildman–Crippen LogP) is 4.49. The molecule has 2 heteroatoms. The van der Waals surface area contributed by atoms with Crippen molar-refractivity contribution in [3.63, 3.8) is 0 Å². The molecule has 1 aromatic heterocycles. The molecule has 1 heterocycles. The van der Waals surface area contributed by atoms with Crippen molar-refractivity contribution in [3.05, 3.63) is 72.4 Å². The van der Waals surface area contributed by atoms with Crippen LogP contribution in [0.2, 0.25) is 0 Å². The van der Waals surface area contributed by atoms with E-state index in [2.05, 4.69) is 71.8 Å². The van der Waals surface area contributed by atoms with Crippen LogP contribution in [0.4, 0.5) is 0 Å². The number of hydrogen-bond acceptors (Lipinski definition) is 1. The van der Waals surface area contributed by atoms with E-state index in [9.17, 15) is 0 Å². The van der Waals surface area contributed by atoms with Crippen LogP contribution < -0.4 is 5.73 Å². The molecule has 0 spiro atoms. The lowest BCUT2D eigenvalue weighted by atomic mass is 9.96. The van der Waals surface area contributed by atoms with E-state index in [1.54, 1.807) is 0 Å². The molecule has 0 bridgehead atoms. The quantitative estimate of drug-likeness (QED) is 0.572. The molecular weight excluding hydrogens is 268 g/mol. The van der Waals surface area contributed by atoms with Gasteiger partial charge in [-0.05, 0) is 52.6 Å². The van der Waals surface area contributed by atoms with Crippen LogP contribution in [0.15, 0.2) is 66.9 Å². The zero-order chi connectivity index (χ0) is 14.9. The third kappa shape index (κ3) is 2.09. The number of aromatic nitrogens is 1. The summed E-state index contributed by atoms with van der Waals surface area (Å²) in [6.07, 6.45) is 2.98. The first-order valence-corrected chi connectivity index (χ1v) is 7.65. The summed E-state index contributed by atoms with van der Waals surface area (Å²) < 4.78 is 0. The molecule has 22 heavy (non-hydrogen) atoms. The molecule has 4 aromatic rings. The standard InChI is InChI=1S/C20H18N2/c21-11-10-16-13-22-20-9-8-15(12-19(16)20)18-7-3-5-14-4-1-2-6-17(14)18/h1-9,12-13,22H,10-11,21H2. The van der Waals surface area contributed by atoms with E-state index in [-0.39, 0.29) is 0 Å². The third-order valence-corrected chi connectivity index (χ3v) is 4.28. The van der Waals surface area contributed by atoms with Gasteiger partial charge >= 0.3 is 0 Å². The summed E-state index contributed by atoms with van der Waals surface area (Å²) in [5.74, 6) is 0. The summed E-state index contributed by atoms with van der Waals surface area (Å²) in [6.45, 7) is 0.672. The first kappa shape index (κ1) is 13.1.